The van der Waals surface area contributed by atoms with Gasteiger partial charge in [-0.05, 0) is 55.2 Å². The zero-order valence-corrected chi connectivity index (χ0v) is 17.9. The number of hydrogen-bond donors (Lipinski definition) is 0. The molecule has 1 aliphatic heterocycles. The summed E-state index contributed by atoms with van der Waals surface area (Å²) in [7, 11) is -4.19. The first-order chi connectivity index (χ1) is 14.1. The second-order valence-corrected chi connectivity index (χ2v) is 10.9. The fraction of sp³-hybridized carbons (Fsp3) is 0.650. The van der Waals surface area contributed by atoms with Gasteiger partial charge in [0.05, 0.1) is 10.6 Å². The molecule has 2 bridgehead atoms. The molecule has 30 heavy (non-hydrogen) atoms. The molecule has 2 aliphatic carbocycles. The van der Waals surface area contributed by atoms with E-state index in [9.17, 15) is 26.4 Å². The Bertz CT molecular complexity index is 930. The lowest BCUT2D eigenvalue weighted by Gasteiger charge is -2.35. The number of carbonyl (C=O) groups is 1. The van der Waals surface area contributed by atoms with Gasteiger partial charge in [-0.3, -0.25) is 4.79 Å². The number of carbonyl (C=O) groups excluding carboxylic acids is 1. The largest absolute Gasteiger partial charge is 0.416 e. The van der Waals surface area contributed by atoms with Gasteiger partial charge in [0.15, 0.2) is 0 Å². The van der Waals surface area contributed by atoms with Gasteiger partial charge < -0.3 is 4.90 Å². The number of nitrogens with zero attached hydrogens (tertiary/aromatic N) is 2. The van der Waals surface area contributed by atoms with Crippen molar-refractivity contribution in [3.63, 3.8) is 0 Å². The molecule has 5 nitrogen and oxygen atoms in total. The van der Waals surface area contributed by atoms with Crippen LogP contribution in [-0.4, -0.2) is 49.7 Å². The Labute approximate surface area is 179 Å². The first-order valence-electron chi connectivity index (χ1n) is 10.2. The van der Waals surface area contributed by atoms with E-state index >= 15 is 0 Å². The Balaban J connectivity index is 1.40. The summed E-state index contributed by atoms with van der Waals surface area (Å²) in [5.74, 6) is 1.87. The van der Waals surface area contributed by atoms with E-state index in [2.05, 4.69) is 0 Å². The molecule has 0 radical (unpaired) electrons. The lowest BCUT2D eigenvalue weighted by Crippen LogP contribution is -2.50. The van der Waals surface area contributed by atoms with Gasteiger partial charge in [-0.25, -0.2) is 8.42 Å². The van der Waals surface area contributed by atoms with Gasteiger partial charge >= 0.3 is 6.18 Å². The molecule has 3 atom stereocenters. The Morgan fingerprint density at radius 1 is 1.10 bits per heavy atom. The topological polar surface area (TPSA) is 57.7 Å². The third-order valence-corrected chi connectivity index (χ3v) is 9.17. The standard InChI is InChI=1S/C20H24ClF3N2O3S/c21-17-4-3-16(20(22,23)24)12-18(17)30(28,29)26-7-5-25(6-8-26)19(27)11-15-10-13-1-2-14(15)9-13/h3-4,12-15H,1-2,5-11H2. The highest BCUT2D eigenvalue weighted by atomic mass is 35.5. The predicted molar refractivity (Wildman–Crippen MR) is 105 cm³/mol. The van der Waals surface area contributed by atoms with Gasteiger partial charge in [0.2, 0.25) is 15.9 Å². The predicted octanol–water partition coefficient (Wildman–Crippen LogP) is 4.02. The molecule has 0 spiro atoms. The zero-order chi connectivity index (χ0) is 21.7. The molecule has 2 saturated carbocycles. The number of hydrogen-bond acceptors (Lipinski definition) is 3. The highest BCUT2D eigenvalue weighted by molar-refractivity contribution is 7.89. The van der Waals surface area contributed by atoms with Gasteiger partial charge in [0.1, 0.15) is 4.90 Å². The summed E-state index contributed by atoms with van der Waals surface area (Å²) in [6, 6.07) is 2.28. The summed E-state index contributed by atoms with van der Waals surface area (Å²) in [5.41, 5.74) is -1.06. The van der Waals surface area contributed by atoms with Crippen LogP contribution in [0, 0.1) is 17.8 Å². The summed E-state index contributed by atoms with van der Waals surface area (Å²) in [6.45, 7) is 0.541. The lowest BCUT2D eigenvalue weighted by atomic mass is 9.86. The van der Waals surface area contributed by atoms with Crippen LogP contribution in [0.1, 0.15) is 37.7 Å². The van der Waals surface area contributed by atoms with E-state index in [1.807, 2.05) is 0 Å². The molecule has 1 amide bonds. The van der Waals surface area contributed by atoms with Crippen LogP contribution in [0.3, 0.4) is 0 Å². The maximum absolute atomic E-state index is 13.0. The van der Waals surface area contributed by atoms with Gasteiger partial charge in [0, 0.05) is 32.6 Å². The number of fused-ring (bicyclic) bond motifs is 2. The number of halogens is 4. The molecule has 3 aliphatic rings. The number of sulfonamides is 1. The average molecular weight is 465 g/mol. The molecular weight excluding hydrogens is 441 g/mol. The molecule has 1 heterocycles. The van der Waals surface area contributed by atoms with Crippen molar-refractivity contribution in [2.45, 2.75) is 43.2 Å². The van der Waals surface area contributed by atoms with Crippen molar-refractivity contribution in [1.82, 2.24) is 9.21 Å². The minimum Gasteiger partial charge on any atom is -0.340 e. The second kappa shape index (κ2) is 7.98. The van der Waals surface area contributed by atoms with Crippen LogP contribution >= 0.6 is 11.6 Å². The maximum atomic E-state index is 13.0. The van der Waals surface area contributed by atoms with Crippen molar-refractivity contribution in [1.29, 1.82) is 0 Å². The normalized spacial score (nSPS) is 27.6. The number of rotatable bonds is 4. The molecular formula is C20H24ClF3N2O3S. The lowest BCUT2D eigenvalue weighted by molar-refractivity contribution is -0.137. The number of piperazine rings is 1. The highest BCUT2D eigenvalue weighted by Gasteiger charge is 2.41. The maximum Gasteiger partial charge on any atom is 0.416 e. The number of amides is 1. The molecule has 166 valence electrons. The van der Waals surface area contributed by atoms with Gasteiger partial charge in [0.25, 0.3) is 0 Å². The van der Waals surface area contributed by atoms with Crippen LogP contribution in [0.5, 0.6) is 0 Å². The molecule has 4 rings (SSSR count). The summed E-state index contributed by atoms with van der Waals surface area (Å²) < 4.78 is 65.9. The minimum absolute atomic E-state index is 0.0391. The Morgan fingerprint density at radius 3 is 2.37 bits per heavy atom. The highest BCUT2D eigenvalue weighted by Crippen LogP contribution is 2.49. The Kier molecular flexibility index (Phi) is 5.83. The van der Waals surface area contributed by atoms with Crippen molar-refractivity contribution in [3.05, 3.63) is 28.8 Å². The summed E-state index contributed by atoms with van der Waals surface area (Å²) in [5, 5.41) is -0.252. The fourth-order valence-electron chi connectivity index (χ4n) is 5.17. The SMILES string of the molecule is O=C(CC1CC2CCC1C2)N1CCN(S(=O)(=O)c2cc(C(F)(F)F)ccc2Cl)CC1. The van der Waals surface area contributed by atoms with E-state index in [4.69, 9.17) is 11.6 Å². The van der Waals surface area contributed by atoms with Gasteiger partial charge in [-0.15, -0.1) is 0 Å². The molecule has 0 aromatic heterocycles. The molecule has 3 unspecified atom stereocenters. The molecule has 0 N–H and O–H groups in total. The van der Waals surface area contributed by atoms with Crippen molar-refractivity contribution in [2.24, 2.45) is 17.8 Å². The van der Waals surface area contributed by atoms with E-state index in [1.54, 1.807) is 4.90 Å². The van der Waals surface area contributed by atoms with Crippen LogP contribution in [0.2, 0.25) is 5.02 Å². The molecule has 1 aromatic carbocycles. The van der Waals surface area contributed by atoms with E-state index in [1.165, 1.54) is 19.3 Å². The number of alkyl halides is 3. The smallest absolute Gasteiger partial charge is 0.340 e. The summed E-state index contributed by atoms with van der Waals surface area (Å²) >= 11 is 5.92. The van der Waals surface area contributed by atoms with Crippen molar-refractivity contribution in [2.75, 3.05) is 26.2 Å². The van der Waals surface area contributed by atoms with Crippen molar-refractivity contribution < 1.29 is 26.4 Å². The molecule has 1 aromatic rings. The monoisotopic (exact) mass is 464 g/mol. The van der Waals surface area contributed by atoms with Gasteiger partial charge in [-0.2, -0.15) is 17.5 Å². The van der Waals surface area contributed by atoms with Crippen LogP contribution < -0.4 is 0 Å². The zero-order valence-electron chi connectivity index (χ0n) is 16.4. The van der Waals surface area contributed by atoms with E-state index < -0.39 is 26.7 Å². The van der Waals surface area contributed by atoms with Crippen LogP contribution in [-0.2, 0) is 21.0 Å². The Morgan fingerprint density at radius 2 is 1.80 bits per heavy atom. The van der Waals surface area contributed by atoms with E-state index in [0.717, 1.165) is 28.8 Å². The van der Waals surface area contributed by atoms with Crippen molar-refractivity contribution in [3.8, 4) is 0 Å². The van der Waals surface area contributed by atoms with Crippen molar-refractivity contribution >= 4 is 27.5 Å². The van der Waals surface area contributed by atoms with Crippen LogP contribution in [0.15, 0.2) is 23.1 Å². The average Bonchev–Trinajstić information content (AvgIpc) is 3.30. The quantitative estimate of drug-likeness (QED) is 0.676. The van der Waals surface area contributed by atoms with Gasteiger partial charge in [-0.1, -0.05) is 18.0 Å². The fourth-order valence-corrected chi connectivity index (χ4v) is 7.10. The second-order valence-electron chi connectivity index (χ2n) is 8.57. The van der Waals surface area contributed by atoms with E-state index in [-0.39, 0.29) is 37.1 Å². The first-order valence-corrected chi connectivity index (χ1v) is 12.0. The summed E-state index contributed by atoms with van der Waals surface area (Å²) in [6.07, 6.45) is 0.643. The molecule has 3 fully saturated rings. The first kappa shape index (κ1) is 21.9. The van der Waals surface area contributed by atoms with Crippen LogP contribution in [0.25, 0.3) is 0 Å². The third-order valence-electron chi connectivity index (χ3n) is 6.79. The van der Waals surface area contributed by atoms with Crippen LogP contribution in [0.4, 0.5) is 13.2 Å². The third kappa shape index (κ3) is 4.21. The molecule has 1 saturated heterocycles. The number of benzene rings is 1. The van der Waals surface area contributed by atoms with E-state index in [0.29, 0.717) is 24.3 Å². The minimum atomic E-state index is -4.67. The molecule has 10 heteroatoms. The summed E-state index contributed by atoms with van der Waals surface area (Å²) in [4.78, 5) is 13.8. The Hall–Kier alpha value is -1.32.